The lowest BCUT2D eigenvalue weighted by Gasteiger charge is -2.42. The fourth-order valence-electron chi connectivity index (χ4n) is 3.91. The molecule has 0 heterocycles. The van der Waals surface area contributed by atoms with E-state index in [1.807, 2.05) is 4.67 Å². The van der Waals surface area contributed by atoms with Gasteiger partial charge >= 0.3 is 0 Å². The molecule has 0 aromatic rings. The summed E-state index contributed by atoms with van der Waals surface area (Å²) in [7, 11) is -1.63. The minimum absolute atomic E-state index is 0.179. The fraction of sp³-hybridized carbons (Fsp3) is 0.824. The molecule has 3 unspecified atom stereocenters. The van der Waals surface area contributed by atoms with Crippen LogP contribution in [0.4, 0.5) is 0 Å². The molecule has 3 atom stereocenters. The van der Waals surface area contributed by atoms with Gasteiger partial charge in [0.05, 0.1) is 12.7 Å². The third-order valence-corrected chi connectivity index (χ3v) is 6.67. The van der Waals surface area contributed by atoms with Crippen LogP contribution in [-0.2, 0) is 4.52 Å². The molecule has 1 saturated carbocycles. The quantitative estimate of drug-likeness (QED) is 0.532. The van der Waals surface area contributed by atoms with Gasteiger partial charge in [-0.3, -0.25) is 0 Å². The van der Waals surface area contributed by atoms with Gasteiger partial charge in [0, 0.05) is 18.0 Å². The SMILES string of the molecule is CC(C)N(P(O)OCC1=CC2CCC1C2)C(C)(C)CCC#N. The summed E-state index contributed by atoms with van der Waals surface area (Å²) in [6.07, 6.45) is 7.47. The first-order chi connectivity index (χ1) is 10.3. The van der Waals surface area contributed by atoms with E-state index in [0.29, 0.717) is 18.9 Å². The second kappa shape index (κ2) is 7.41. The molecule has 5 heteroatoms. The Morgan fingerprint density at radius 3 is 2.73 bits per heavy atom. The molecule has 0 amide bonds. The van der Waals surface area contributed by atoms with Crippen LogP contribution in [0.3, 0.4) is 0 Å². The summed E-state index contributed by atoms with van der Waals surface area (Å²) in [5, 5.41) is 8.83. The summed E-state index contributed by atoms with van der Waals surface area (Å²) < 4.78 is 7.90. The van der Waals surface area contributed by atoms with Crippen molar-refractivity contribution in [2.75, 3.05) is 6.61 Å². The van der Waals surface area contributed by atoms with Crippen LogP contribution in [-0.4, -0.2) is 27.8 Å². The van der Waals surface area contributed by atoms with Crippen LogP contribution in [0.25, 0.3) is 0 Å². The second-order valence-electron chi connectivity index (χ2n) is 7.45. The standard InChI is InChI=1S/C17H29N2O2P/c1-13(2)19(17(3,4)8-5-9-18)22(20)21-12-16-11-14-6-7-15(16)10-14/h11,13-15,20H,5-8,10,12H2,1-4H3. The molecule has 4 nitrogen and oxygen atoms in total. The van der Waals surface area contributed by atoms with Gasteiger partial charge in [0.25, 0.3) is 8.53 Å². The molecule has 0 radical (unpaired) electrons. The zero-order valence-corrected chi connectivity index (χ0v) is 15.1. The molecule has 0 aromatic carbocycles. The Morgan fingerprint density at radius 1 is 1.50 bits per heavy atom. The number of fused-ring (bicyclic) bond motifs is 2. The van der Waals surface area contributed by atoms with Gasteiger partial charge in [0.2, 0.25) is 0 Å². The van der Waals surface area contributed by atoms with Crippen molar-refractivity contribution in [2.24, 2.45) is 11.8 Å². The first-order valence-corrected chi connectivity index (χ1v) is 9.50. The van der Waals surface area contributed by atoms with Gasteiger partial charge in [-0.2, -0.15) is 5.26 Å². The average molecular weight is 324 g/mol. The van der Waals surface area contributed by atoms with Crippen LogP contribution in [0.5, 0.6) is 0 Å². The van der Waals surface area contributed by atoms with Crippen molar-refractivity contribution >= 4 is 8.53 Å². The highest BCUT2D eigenvalue weighted by Gasteiger charge is 2.37. The van der Waals surface area contributed by atoms with E-state index in [9.17, 15) is 4.89 Å². The van der Waals surface area contributed by atoms with Crippen molar-refractivity contribution in [1.82, 2.24) is 4.67 Å². The molecule has 2 aliphatic carbocycles. The summed E-state index contributed by atoms with van der Waals surface area (Å²) in [4.78, 5) is 10.6. The average Bonchev–Trinajstić information content (AvgIpc) is 3.04. The summed E-state index contributed by atoms with van der Waals surface area (Å²) in [6, 6.07) is 2.38. The van der Waals surface area contributed by atoms with Crippen molar-refractivity contribution in [1.29, 1.82) is 5.26 Å². The molecule has 0 aliphatic heterocycles. The van der Waals surface area contributed by atoms with Gasteiger partial charge in [-0.15, -0.1) is 0 Å². The van der Waals surface area contributed by atoms with E-state index in [2.05, 4.69) is 39.8 Å². The zero-order chi connectivity index (χ0) is 16.3. The molecule has 2 rings (SSSR count). The Morgan fingerprint density at radius 2 is 2.23 bits per heavy atom. The maximum absolute atomic E-state index is 10.6. The molecule has 124 valence electrons. The highest BCUT2D eigenvalue weighted by Crippen LogP contribution is 2.48. The summed E-state index contributed by atoms with van der Waals surface area (Å²) >= 11 is 0. The van der Waals surface area contributed by atoms with Crippen LogP contribution in [0.1, 0.15) is 59.8 Å². The molecule has 0 saturated heterocycles. The molecule has 2 aliphatic rings. The Kier molecular flexibility index (Phi) is 6.02. The van der Waals surface area contributed by atoms with Crippen molar-refractivity contribution in [3.05, 3.63) is 11.6 Å². The topological polar surface area (TPSA) is 56.5 Å². The predicted molar refractivity (Wildman–Crippen MR) is 89.9 cm³/mol. The number of rotatable bonds is 8. The van der Waals surface area contributed by atoms with Crippen LogP contribution >= 0.6 is 8.53 Å². The first kappa shape index (κ1) is 17.9. The van der Waals surface area contributed by atoms with Gasteiger partial charge in [0.1, 0.15) is 0 Å². The third kappa shape index (κ3) is 4.09. The zero-order valence-electron chi connectivity index (χ0n) is 14.2. The Hall–Kier alpha value is -0.460. The smallest absolute Gasteiger partial charge is 0.257 e. The Balaban J connectivity index is 1.93. The molecule has 1 N–H and O–H groups in total. The fourth-order valence-corrected chi connectivity index (χ4v) is 5.26. The van der Waals surface area contributed by atoms with E-state index in [4.69, 9.17) is 9.79 Å². The maximum atomic E-state index is 10.6. The lowest BCUT2D eigenvalue weighted by molar-refractivity contribution is 0.141. The van der Waals surface area contributed by atoms with Crippen molar-refractivity contribution in [3.8, 4) is 6.07 Å². The lowest BCUT2D eigenvalue weighted by atomic mass is 9.98. The van der Waals surface area contributed by atoms with Crippen LogP contribution in [0, 0.1) is 23.2 Å². The van der Waals surface area contributed by atoms with Gasteiger partial charge in [-0.25, -0.2) is 4.67 Å². The first-order valence-electron chi connectivity index (χ1n) is 8.34. The normalized spacial score (nSPS) is 25.6. The minimum Gasteiger partial charge on any atom is -0.338 e. The number of allylic oxidation sites excluding steroid dienone is 1. The minimum atomic E-state index is -1.63. The number of nitrogens with zero attached hydrogens (tertiary/aromatic N) is 2. The van der Waals surface area contributed by atoms with Crippen LogP contribution in [0.2, 0.25) is 0 Å². The van der Waals surface area contributed by atoms with Gasteiger partial charge in [0.15, 0.2) is 0 Å². The largest absolute Gasteiger partial charge is 0.338 e. The van der Waals surface area contributed by atoms with E-state index >= 15 is 0 Å². The Labute approximate surface area is 136 Å². The molecule has 1 fully saturated rings. The van der Waals surface area contributed by atoms with Crippen molar-refractivity contribution in [2.45, 2.75) is 71.4 Å². The van der Waals surface area contributed by atoms with E-state index in [1.54, 1.807) is 0 Å². The van der Waals surface area contributed by atoms with E-state index in [1.165, 1.54) is 24.8 Å². The summed E-state index contributed by atoms with van der Waals surface area (Å²) in [5.41, 5.74) is 1.14. The van der Waals surface area contributed by atoms with Crippen molar-refractivity contribution in [3.63, 3.8) is 0 Å². The predicted octanol–water partition coefficient (Wildman–Crippen LogP) is 4.37. The highest BCUT2D eigenvalue weighted by molar-refractivity contribution is 7.43. The molecular weight excluding hydrogens is 295 g/mol. The molecule has 0 spiro atoms. The summed E-state index contributed by atoms with van der Waals surface area (Å²) in [5.74, 6) is 1.44. The second-order valence-corrected chi connectivity index (χ2v) is 8.64. The number of nitriles is 1. The van der Waals surface area contributed by atoms with Crippen molar-refractivity contribution < 1.29 is 9.42 Å². The van der Waals surface area contributed by atoms with Gasteiger partial charge < -0.3 is 9.42 Å². The van der Waals surface area contributed by atoms with Gasteiger partial charge in [-0.05, 0) is 70.8 Å². The molecule has 2 bridgehead atoms. The monoisotopic (exact) mass is 324 g/mol. The lowest BCUT2D eigenvalue weighted by Crippen LogP contribution is -2.44. The third-order valence-electron chi connectivity index (χ3n) is 4.94. The van der Waals surface area contributed by atoms with E-state index < -0.39 is 8.53 Å². The molecular formula is C17H29N2O2P. The molecule has 0 aromatic heterocycles. The molecule has 22 heavy (non-hydrogen) atoms. The number of hydrogen-bond acceptors (Lipinski definition) is 4. The van der Waals surface area contributed by atoms with E-state index in [-0.39, 0.29) is 11.6 Å². The summed E-state index contributed by atoms with van der Waals surface area (Å²) in [6.45, 7) is 8.85. The van der Waals surface area contributed by atoms with E-state index in [0.717, 1.165) is 12.3 Å². The van der Waals surface area contributed by atoms with Crippen LogP contribution < -0.4 is 0 Å². The highest BCUT2D eigenvalue weighted by atomic mass is 31.2. The van der Waals surface area contributed by atoms with Crippen LogP contribution in [0.15, 0.2) is 11.6 Å². The Bertz CT molecular complexity index is 456. The number of hydrogen-bond donors (Lipinski definition) is 1. The van der Waals surface area contributed by atoms with Gasteiger partial charge in [-0.1, -0.05) is 6.08 Å². The maximum Gasteiger partial charge on any atom is 0.257 e.